The van der Waals surface area contributed by atoms with Gasteiger partial charge in [0.25, 0.3) is 0 Å². The summed E-state index contributed by atoms with van der Waals surface area (Å²) in [6, 6.07) is 14.4. The van der Waals surface area contributed by atoms with Crippen LogP contribution in [0.2, 0.25) is 0 Å². The molecule has 0 amide bonds. The molecular formula is C17H20FNO. The Bertz CT molecular complexity index is 544. The van der Waals surface area contributed by atoms with Gasteiger partial charge in [-0.2, -0.15) is 0 Å². The predicted octanol–water partition coefficient (Wildman–Crippen LogP) is 2.57. The van der Waals surface area contributed by atoms with Crippen LogP contribution in [0.3, 0.4) is 0 Å². The van der Waals surface area contributed by atoms with Gasteiger partial charge in [-0.05, 0) is 36.6 Å². The summed E-state index contributed by atoms with van der Waals surface area (Å²) in [5, 5.41) is 9.86. The van der Waals surface area contributed by atoms with Gasteiger partial charge >= 0.3 is 0 Å². The van der Waals surface area contributed by atoms with E-state index in [2.05, 4.69) is 0 Å². The van der Waals surface area contributed by atoms with Crippen molar-refractivity contribution >= 4 is 0 Å². The quantitative estimate of drug-likeness (QED) is 0.879. The van der Waals surface area contributed by atoms with Gasteiger partial charge in [-0.3, -0.25) is 0 Å². The number of aliphatic hydroxyl groups is 1. The molecule has 0 saturated carbocycles. The van der Waals surface area contributed by atoms with E-state index in [0.29, 0.717) is 13.0 Å². The van der Waals surface area contributed by atoms with Crippen molar-refractivity contribution in [1.82, 2.24) is 0 Å². The lowest BCUT2D eigenvalue weighted by molar-refractivity contribution is 0.196. The van der Waals surface area contributed by atoms with Crippen molar-refractivity contribution in [3.63, 3.8) is 0 Å². The first-order valence-electron chi connectivity index (χ1n) is 6.72. The van der Waals surface area contributed by atoms with Crippen LogP contribution in [0, 0.1) is 12.7 Å². The Hall–Kier alpha value is -1.71. The molecule has 3 N–H and O–H groups in total. The zero-order valence-corrected chi connectivity index (χ0v) is 11.6. The first-order valence-corrected chi connectivity index (χ1v) is 6.72. The molecule has 20 heavy (non-hydrogen) atoms. The summed E-state index contributed by atoms with van der Waals surface area (Å²) in [7, 11) is 0. The fourth-order valence-corrected chi connectivity index (χ4v) is 2.40. The number of benzene rings is 2. The summed E-state index contributed by atoms with van der Waals surface area (Å²) in [4.78, 5) is 0. The molecule has 106 valence electrons. The van der Waals surface area contributed by atoms with E-state index >= 15 is 0 Å². The van der Waals surface area contributed by atoms with Gasteiger partial charge in [0.2, 0.25) is 0 Å². The first kappa shape index (κ1) is 14.7. The van der Waals surface area contributed by atoms with Crippen LogP contribution in [-0.4, -0.2) is 18.3 Å². The molecule has 0 bridgehead atoms. The maximum atomic E-state index is 13.0. The fourth-order valence-electron chi connectivity index (χ4n) is 2.40. The van der Waals surface area contributed by atoms with E-state index in [1.165, 1.54) is 17.7 Å². The maximum absolute atomic E-state index is 13.0. The molecule has 0 aliphatic rings. The Balaban J connectivity index is 2.33. The van der Waals surface area contributed by atoms with E-state index in [-0.39, 0.29) is 12.4 Å². The zero-order chi connectivity index (χ0) is 14.6. The monoisotopic (exact) mass is 273 g/mol. The number of aliphatic hydroxyl groups excluding tert-OH is 1. The highest BCUT2D eigenvalue weighted by Gasteiger charge is 2.30. The number of aryl methyl sites for hydroxylation is 1. The molecule has 2 nitrogen and oxygen atoms in total. The number of hydrogen-bond acceptors (Lipinski definition) is 2. The molecule has 2 aromatic carbocycles. The highest BCUT2D eigenvalue weighted by atomic mass is 19.1. The van der Waals surface area contributed by atoms with Gasteiger partial charge in [0.05, 0.1) is 6.61 Å². The van der Waals surface area contributed by atoms with E-state index in [0.717, 1.165) is 11.1 Å². The molecule has 2 aromatic rings. The molecule has 1 atom stereocenters. The summed E-state index contributed by atoms with van der Waals surface area (Å²) in [5.41, 5.74) is 8.55. The van der Waals surface area contributed by atoms with Crippen molar-refractivity contribution in [1.29, 1.82) is 0 Å². The minimum atomic E-state index is -0.522. The summed E-state index contributed by atoms with van der Waals surface area (Å²) in [6.45, 7) is 2.32. The van der Waals surface area contributed by atoms with Crippen molar-refractivity contribution in [2.45, 2.75) is 18.8 Å². The minimum absolute atomic E-state index is 0.0378. The van der Waals surface area contributed by atoms with E-state index in [9.17, 15) is 9.50 Å². The second kappa shape index (κ2) is 6.16. The summed E-state index contributed by atoms with van der Waals surface area (Å²) in [6.07, 6.45) is 0.587. The lowest BCUT2D eigenvalue weighted by Crippen LogP contribution is -2.41. The molecule has 2 rings (SSSR count). The van der Waals surface area contributed by atoms with Crippen LogP contribution < -0.4 is 5.73 Å². The van der Waals surface area contributed by atoms with Crippen molar-refractivity contribution < 1.29 is 9.50 Å². The van der Waals surface area contributed by atoms with Gasteiger partial charge in [-0.1, -0.05) is 42.0 Å². The topological polar surface area (TPSA) is 46.2 Å². The highest BCUT2D eigenvalue weighted by molar-refractivity contribution is 5.32. The number of nitrogens with two attached hydrogens (primary N) is 1. The van der Waals surface area contributed by atoms with Crippen LogP contribution in [0.25, 0.3) is 0 Å². The van der Waals surface area contributed by atoms with Crippen LogP contribution >= 0.6 is 0 Å². The molecule has 0 fully saturated rings. The third kappa shape index (κ3) is 3.06. The fraction of sp³-hybridized carbons (Fsp3) is 0.294. The lowest BCUT2D eigenvalue weighted by atomic mass is 9.76. The Morgan fingerprint density at radius 3 is 2.15 bits per heavy atom. The molecule has 3 heteroatoms. The van der Waals surface area contributed by atoms with E-state index < -0.39 is 5.41 Å². The van der Waals surface area contributed by atoms with Gasteiger partial charge in [-0.25, -0.2) is 4.39 Å². The molecule has 0 saturated heterocycles. The van der Waals surface area contributed by atoms with E-state index in [4.69, 9.17) is 5.73 Å². The smallest absolute Gasteiger partial charge is 0.123 e. The van der Waals surface area contributed by atoms with Crippen LogP contribution in [-0.2, 0) is 11.8 Å². The summed E-state index contributed by atoms with van der Waals surface area (Å²) >= 11 is 0. The lowest BCUT2D eigenvalue weighted by Gasteiger charge is -2.31. The second-order valence-corrected chi connectivity index (χ2v) is 5.31. The summed E-state index contributed by atoms with van der Waals surface area (Å²) in [5.74, 6) is -0.258. The van der Waals surface area contributed by atoms with Crippen LogP contribution in [0.1, 0.15) is 16.7 Å². The average molecular weight is 273 g/mol. The zero-order valence-electron chi connectivity index (χ0n) is 11.6. The highest BCUT2D eigenvalue weighted by Crippen LogP contribution is 2.28. The number of rotatable bonds is 5. The maximum Gasteiger partial charge on any atom is 0.123 e. The summed E-state index contributed by atoms with van der Waals surface area (Å²) < 4.78 is 13.0. The molecule has 0 aliphatic carbocycles. The third-order valence-corrected chi connectivity index (χ3v) is 3.81. The Morgan fingerprint density at radius 2 is 1.65 bits per heavy atom. The Labute approximate surface area is 119 Å². The first-order chi connectivity index (χ1) is 9.59. The second-order valence-electron chi connectivity index (χ2n) is 5.31. The number of halogens is 1. The normalized spacial score (nSPS) is 14.0. The largest absolute Gasteiger partial charge is 0.395 e. The molecular weight excluding hydrogens is 253 g/mol. The van der Waals surface area contributed by atoms with Crippen LogP contribution in [0.5, 0.6) is 0 Å². The third-order valence-electron chi connectivity index (χ3n) is 3.81. The van der Waals surface area contributed by atoms with E-state index in [1.807, 2.05) is 31.2 Å². The van der Waals surface area contributed by atoms with Crippen LogP contribution in [0.15, 0.2) is 48.5 Å². The van der Waals surface area contributed by atoms with Crippen LogP contribution in [0.4, 0.5) is 4.39 Å². The standard InChI is InChI=1S/C17H20FNO/c1-13-2-6-15(7-3-13)17(11-19,12-20)10-14-4-8-16(18)9-5-14/h2-9,20H,10-12,19H2,1H3. The molecule has 0 spiro atoms. The van der Waals surface area contributed by atoms with Crippen molar-refractivity contribution in [2.75, 3.05) is 13.2 Å². The molecule has 0 radical (unpaired) electrons. The molecule has 0 heterocycles. The van der Waals surface area contributed by atoms with Gasteiger partial charge in [0.1, 0.15) is 5.82 Å². The average Bonchev–Trinajstić information content (AvgIpc) is 2.48. The molecule has 0 aromatic heterocycles. The minimum Gasteiger partial charge on any atom is -0.395 e. The van der Waals surface area contributed by atoms with Gasteiger partial charge in [0.15, 0.2) is 0 Å². The van der Waals surface area contributed by atoms with Gasteiger partial charge in [0, 0.05) is 12.0 Å². The SMILES string of the molecule is Cc1ccc(C(CN)(CO)Cc2ccc(F)cc2)cc1. The molecule has 0 aliphatic heterocycles. The number of hydrogen-bond donors (Lipinski definition) is 2. The predicted molar refractivity (Wildman–Crippen MR) is 79.1 cm³/mol. The van der Waals surface area contributed by atoms with Crippen molar-refractivity contribution in [2.24, 2.45) is 5.73 Å². The Morgan fingerprint density at radius 1 is 1.05 bits per heavy atom. The molecule has 1 unspecified atom stereocenters. The van der Waals surface area contributed by atoms with E-state index in [1.54, 1.807) is 12.1 Å². The van der Waals surface area contributed by atoms with Crippen molar-refractivity contribution in [3.05, 3.63) is 71.0 Å². The van der Waals surface area contributed by atoms with Gasteiger partial charge < -0.3 is 10.8 Å². The van der Waals surface area contributed by atoms with Crippen molar-refractivity contribution in [3.8, 4) is 0 Å². The van der Waals surface area contributed by atoms with Gasteiger partial charge in [-0.15, -0.1) is 0 Å². The Kier molecular flexibility index (Phi) is 4.53.